The first-order valence-electron chi connectivity index (χ1n) is 14.7. The van der Waals surface area contributed by atoms with Crippen LogP contribution in [0.3, 0.4) is 0 Å². The third-order valence-electron chi connectivity index (χ3n) is 6.93. The van der Waals surface area contributed by atoms with Crippen molar-refractivity contribution in [2.75, 3.05) is 29.6 Å². The van der Waals surface area contributed by atoms with Gasteiger partial charge in [0.05, 0.1) is 5.02 Å². The van der Waals surface area contributed by atoms with Gasteiger partial charge in [0, 0.05) is 42.1 Å². The van der Waals surface area contributed by atoms with E-state index in [1.807, 2.05) is 91.8 Å². The Labute approximate surface area is 282 Å². The number of nitrogens with one attached hydrogen (secondary N) is 3. The van der Waals surface area contributed by atoms with Crippen LogP contribution in [0.25, 0.3) is 6.08 Å². The fraction of sp³-hybridized carbons (Fsp3) is 0.0811. The average molecular weight is 662 g/mol. The number of hydrogen-bond donors (Lipinski definition) is 3. The van der Waals surface area contributed by atoms with Crippen LogP contribution in [-0.4, -0.2) is 36.8 Å². The first kappa shape index (κ1) is 33.0. The van der Waals surface area contributed by atoms with Crippen molar-refractivity contribution in [1.82, 2.24) is 10.3 Å². The summed E-state index contributed by atoms with van der Waals surface area (Å²) in [6.45, 7) is 0. The molecule has 3 amide bonds. The first-order chi connectivity index (χ1) is 22.7. The highest BCUT2D eigenvalue weighted by Gasteiger charge is 2.23. The number of thioether (sulfide) groups is 1. The number of carbonyl (C=O) groups excluding carboxylic acids is 3. The molecule has 0 spiro atoms. The number of pyridine rings is 1. The summed E-state index contributed by atoms with van der Waals surface area (Å²) in [4.78, 5) is 46.9. The van der Waals surface area contributed by atoms with Crippen LogP contribution in [0.1, 0.15) is 26.7 Å². The Morgan fingerprint density at radius 3 is 2.06 bits per heavy atom. The van der Waals surface area contributed by atoms with Gasteiger partial charge in [0.1, 0.15) is 16.8 Å². The van der Waals surface area contributed by atoms with Crippen molar-refractivity contribution in [3.63, 3.8) is 0 Å². The average Bonchev–Trinajstić information content (AvgIpc) is 3.09. The second kappa shape index (κ2) is 15.8. The van der Waals surface area contributed by atoms with E-state index in [0.717, 1.165) is 21.7 Å². The maximum Gasteiger partial charge on any atom is 0.272 e. The minimum absolute atomic E-state index is 0.0894. The van der Waals surface area contributed by atoms with Crippen LogP contribution in [0.15, 0.2) is 138 Å². The summed E-state index contributed by atoms with van der Waals surface area (Å²) in [6.07, 6.45) is 3.11. The van der Waals surface area contributed by atoms with Gasteiger partial charge in [-0.1, -0.05) is 72.3 Å². The van der Waals surface area contributed by atoms with Crippen molar-refractivity contribution in [3.05, 3.63) is 155 Å². The van der Waals surface area contributed by atoms with E-state index in [1.54, 1.807) is 54.6 Å². The van der Waals surface area contributed by atoms with E-state index < -0.39 is 17.1 Å². The SMILES string of the molecule is CN(C)c1ccc(/C=C(\NC(=O)c2ccccc2)C(=O)Nc2ccc(SC(C(=O)Nc3ccc(Cl)cn3)c3ccccc3)cc2)cc1. The highest BCUT2D eigenvalue weighted by atomic mass is 35.5. The molecule has 47 heavy (non-hydrogen) atoms. The van der Waals surface area contributed by atoms with E-state index in [4.69, 9.17) is 11.6 Å². The quantitative estimate of drug-likeness (QED) is 0.0991. The maximum atomic E-state index is 13.5. The van der Waals surface area contributed by atoms with Crippen molar-refractivity contribution in [1.29, 1.82) is 0 Å². The molecule has 1 atom stereocenters. The molecule has 0 aliphatic heterocycles. The summed E-state index contributed by atoms with van der Waals surface area (Å²) in [5.41, 5.74) is 3.62. The van der Waals surface area contributed by atoms with E-state index in [0.29, 0.717) is 22.1 Å². The fourth-order valence-corrected chi connectivity index (χ4v) is 5.61. The summed E-state index contributed by atoms with van der Waals surface area (Å²) in [7, 11) is 3.89. The Morgan fingerprint density at radius 2 is 1.45 bits per heavy atom. The van der Waals surface area contributed by atoms with Crippen LogP contribution in [0.5, 0.6) is 0 Å². The number of benzene rings is 4. The van der Waals surface area contributed by atoms with Gasteiger partial charge in [0.15, 0.2) is 0 Å². The third-order valence-corrected chi connectivity index (χ3v) is 8.42. The minimum Gasteiger partial charge on any atom is -0.378 e. The zero-order valence-electron chi connectivity index (χ0n) is 25.7. The van der Waals surface area contributed by atoms with Gasteiger partial charge < -0.3 is 20.9 Å². The molecule has 0 bridgehead atoms. The zero-order valence-corrected chi connectivity index (χ0v) is 27.3. The molecular weight excluding hydrogens is 630 g/mol. The molecule has 0 aliphatic carbocycles. The van der Waals surface area contributed by atoms with Gasteiger partial charge in [0.2, 0.25) is 5.91 Å². The molecule has 0 radical (unpaired) electrons. The van der Waals surface area contributed by atoms with Gasteiger partial charge in [-0.3, -0.25) is 14.4 Å². The number of carbonyl (C=O) groups is 3. The standard InChI is InChI=1S/C37H32ClN5O3S/c1-43(2)30-18-13-25(14-19-30)23-32(41-35(44)27-11-7-4-8-12-27)36(45)40-29-16-20-31(21-17-29)47-34(26-9-5-3-6-10-26)37(46)42-33-22-15-28(38)24-39-33/h3-24,34H,1-2H3,(H,40,45)(H,41,44)(H,39,42,46)/b32-23-. The van der Waals surface area contributed by atoms with E-state index in [1.165, 1.54) is 18.0 Å². The Balaban J connectivity index is 1.33. The summed E-state index contributed by atoms with van der Waals surface area (Å²) < 4.78 is 0. The molecule has 5 rings (SSSR count). The van der Waals surface area contributed by atoms with Crippen molar-refractivity contribution >= 4 is 64.4 Å². The zero-order chi connectivity index (χ0) is 33.2. The molecule has 1 aromatic heterocycles. The first-order valence-corrected chi connectivity index (χ1v) is 15.9. The normalized spacial score (nSPS) is 11.7. The molecular formula is C37H32ClN5O3S. The smallest absolute Gasteiger partial charge is 0.272 e. The van der Waals surface area contributed by atoms with Crippen molar-refractivity contribution in [2.24, 2.45) is 0 Å². The number of aromatic nitrogens is 1. The summed E-state index contributed by atoms with van der Waals surface area (Å²) in [5.74, 6) is -0.724. The maximum absolute atomic E-state index is 13.5. The Morgan fingerprint density at radius 1 is 0.787 bits per heavy atom. The highest BCUT2D eigenvalue weighted by molar-refractivity contribution is 8.00. The fourth-order valence-electron chi connectivity index (χ4n) is 4.47. The lowest BCUT2D eigenvalue weighted by molar-refractivity contribution is -0.116. The molecule has 236 valence electrons. The third kappa shape index (κ3) is 9.32. The van der Waals surface area contributed by atoms with Crippen LogP contribution in [-0.2, 0) is 9.59 Å². The molecule has 3 N–H and O–H groups in total. The van der Waals surface area contributed by atoms with E-state index in [2.05, 4.69) is 20.9 Å². The molecule has 0 saturated carbocycles. The molecule has 4 aromatic carbocycles. The van der Waals surface area contributed by atoms with Crippen LogP contribution in [0.4, 0.5) is 17.2 Å². The van der Waals surface area contributed by atoms with Crippen LogP contribution >= 0.6 is 23.4 Å². The number of amides is 3. The van der Waals surface area contributed by atoms with Crippen molar-refractivity contribution in [2.45, 2.75) is 10.1 Å². The topological polar surface area (TPSA) is 103 Å². The van der Waals surface area contributed by atoms with Crippen LogP contribution in [0, 0.1) is 0 Å². The number of rotatable bonds is 11. The van der Waals surface area contributed by atoms with Crippen molar-refractivity contribution in [3.8, 4) is 0 Å². The molecule has 1 unspecified atom stereocenters. The molecule has 0 saturated heterocycles. The summed E-state index contributed by atoms with van der Waals surface area (Å²) in [5, 5.41) is 8.42. The molecule has 0 fully saturated rings. The van der Waals surface area contributed by atoms with Crippen LogP contribution < -0.4 is 20.9 Å². The Kier molecular flexibility index (Phi) is 11.1. The number of hydrogen-bond acceptors (Lipinski definition) is 6. The van der Waals surface area contributed by atoms with Gasteiger partial charge >= 0.3 is 0 Å². The van der Waals surface area contributed by atoms with E-state index >= 15 is 0 Å². The molecule has 10 heteroatoms. The predicted octanol–water partition coefficient (Wildman–Crippen LogP) is 7.68. The lowest BCUT2D eigenvalue weighted by atomic mass is 10.1. The molecule has 8 nitrogen and oxygen atoms in total. The van der Waals surface area contributed by atoms with Gasteiger partial charge in [0.25, 0.3) is 11.8 Å². The minimum atomic E-state index is -0.573. The van der Waals surface area contributed by atoms with E-state index in [9.17, 15) is 14.4 Å². The Bertz CT molecular complexity index is 1850. The van der Waals surface area contributed by atoms with E-state index in [-0.39, 0.29) is 11.6 Å². The Hall–Kier alpha value is -5.38. The van der Waals surface area contributed by atoms with Crippen LogP contribution in [0.2, 0.25) is 5.02 Å². The number of halogens is 1. The largest absolute Gasteiger partial charge is 0.378 e. The van der Waals surface area contributed by atoms with Gasteiger partial charge in [-0.25, -0.2) is 4.98 Å². The lowest BCUT2D eigenvalue weighted by Crippen LogP contribution is -2.30. The second-order valence-corrected chi connectivity index (χ2v) is 12.2. The molecule has 0 aliphatic rings. The van der Waals surface area contributed by atoms with Gasteiger partial charge in [-0.2, -0.15) is 0 Å². The highest BCUT2D eigenvalue weighted by Crippen LogP contribution is 2.36. The number of nitrogens with zero attached hydrogens (tertiary/aromatic N) is 2. The lowest BCUT2D eigenvalue weighted by Gasteiger charge is -2.17. The number of anilines is 3. The van der Waals surface area contributed by atoms with Gasteiger partial charge in [-0.15, -0.1) is 11.8 Å². The van der Waals surface area contributed by atoms with Gasteiger partial charge in [-0.05, 0) is 77.9 Å². The molecule has 1 heterocycles. The van der Waals surface area contributed by atoms with Crippen molar-refractivity contribution < 1.29 is 14.4 Å². The summed E-state index contributed by atoms with van der Waals surface area (Å²) in [6, 6.07) is 36.3. The second-order valence-electron chi connectivity index (χ2n) is 10.6. The molecule has 5 aromatic rings. The predicted molar refractivity (Wildman–Crippen MR) is 191 cm³/mol. The summed E-state index contributed by atoms with van der Waals surface area (Å²) >= 11 is 7.31. The monoisotopic (exact) mass is 661 g/mol.